The average molecular weight is 527 g/mol. The molecule has 3 aromatic rings. The molecule has 4 rings (SSSR count). The van der Waals surface area contributed by atoms with Crippen molar-refractivity contribution in [1.29, 1.82) is 0 Å². The molecular formula is C29H32F2N2O3S. The molecule has 1 saturated carbocycles. The second kappa shape index (κ2) is 12.1. The third-order valence-electron chi connectivity index (χ3n) is 7.03. The van der Waals surface area contributed by atoms with Crippen molar-refractivity contribution in [2.45, 2.75) is 63.1 Å². The molecule has 0 saturated heterocycles. The first-order valence-electron chi connectivity index (χ1n) is 12.6. The van der Waals surface area contributed by atoms with Crippen LogP contribution in [-0.2, 0) is 16.8 Å². The van der Waals surface area contributed by atoms with E-state index in [0.717, 1.165) is 60.5 Å². The fourth-order valence-electron chi connectivity index (χ4n) is 5.23. The molecule has 0 unspecified atom stereocenters. The van der Waals surface area contributed by atoms with E-state index in [4.69, 9.17) is 0 Å². The minimum absolute atomic E-state index is 0.0943. The molecule has 1 fully saturated rings. The lowest BCUT2D eigenvalue weighted by Gasteiger charge is -2.40. The standard InChI is InChI=1S/C29H32F2N2O3S/c1-19(35)33-26(14-20-12-23(30)16-24(31)13-20)27(36)17-32-29(10-3-2-4-11-29)22-7-5-6-21(15-22)28-9-8-25(18-34)37-28/h5-9,12-13,15-16,18,26-27,32,36H,2-4,10-11,14,17H2,1H3,(H,33,35)/t26-,27-/m0/s1. The Morgan fingerprint density at radius 1 is 1.08 bits per heavy atom. The van der Waals surface area contributed by atoms with Crippen molar-refractivity contribution in [2.75, 3.05) is 6.54 Å². The number of aliphatic hydroxyl groups excluding tert-OH is 1. The van der Waals surface area contributed by atoms with Gasteiger partial charge in [0.05, 0.1) is 17.0 Å². The first-order valence-corrected chi connectivity index (χ1v) is 13.4. The lowest BCUT2D eigenvalue weighted by atomic mass is 9.76. The van der Waals surface area contributed by atoms with Crippen LogP contribution in [0.2, 0.25) is 0 Å². The van der Waals surface area contributed by atoms with Gasteiger partial charge in [0, 0.05) is 30.0 Å². The number of carbonyl (C=O) groups excluding carboxylic acids is 2. The van der Waals surface area contributed by atoms with E-state index in [1.54, 1.807) is 0 Å². The number of hydrogen-bond donors (Lipinski definition) is 3. The number of hydrogen-bond acceptors (Lipinski definition) is 5. The Balaban J connectivity index is 1.54. The maximum Gasteiger partial charge on any atom is 0.217 e. The second-order valence-corrected chi connectivity index (χ2v) is 10.9. The van der Waals surface area contributed by atoms with Crippen LogP contribution in [0.25, 0.3) is 10.4 Å². The fraction of sp³-hybridized carbons (Fsp3) is 0.379. The quantitative estimate of drug-likeness (QED) is 0.311. The average Bonchev–Trinajstić information content (AvgIpc) is 3.36. The van der Waals surface area contributed by atoms with Gasteiger partial charge >= 0.3 is 0 Å². The Morgan fingerprint density at radius 2 is 1.81 bits per heavy atom. The summed E-state index contributed by atoms with van der Waals surface area (Å²) in [5.74, 6) is -1.72. The van der Waals surface area contributed by atoms with Gasteiger partial charge in [0.1, 0.15) is 11.6 Å². The van der Waals surface area contributed by atoms with E-state index in [2.05, 4.69) is 22.8 Å². The number of carbonyl (C=O) groups is 2. The SMILES string of the molecule is CC(=O)N[C@@H](Cc1cc(F)cc(F)c1)[C@@H](O)CNC1(c2cccc(-c3ccc(C=O)s3)c2)CCCCC1. The molecule has 37 heavy (non-hydrogen) atoms. The van der Waals surface area contributed by atoms with Gasteiger partial charge in [0.15, 0.2) is 6.29 Å². The van der Waals surface area contributed by atoms with Crippen LogP contribution in [0.5, 0.6) is 0 Å². The summed E-state index contributed by atoms with van der Waals surface area (Å²) in [6, 6.07) is 14.5. The van der Waals surface area contributed by atoms with Crippen LogP contribution in [0.1, 0.15) is 59.8 Å². The Labute approximate surface area is 219 Å². The van der Waals surface area contributed by atoms with Gasteiger partial charge in [-0.05, 0) is 66.3 Å². The summed E-state index contributed by atoms with van der Waals surface area (Å²) in [5, 5.41) is 17.5. The molecule has 1 aliphatic carbocycles. The highest BCUT2D eigenvalue weighted by molar-refractivity contribution is 7.17. The van der Waals surface area contributed by atoms with Gasteiger partial charge in [-0.1, -0.05) is 37.5 Å². The molecule has 1 amide bonds. The highest BCUT2D eigenvalue weighted by Gasteiger charge is 2.35. The first-order chi connectivity index (χ1) is 17.8. The highest BCUT2D eigenvalue weighted by Crippen LogP contribution is 2.39. The zero-order chi connectivity index (χ0) is 26.4. The lowest BCUT2D eigenvalue weighted by Crippen LogP contribution is -2.53. The van der Waals surface area contributed by atoms with E-state index in [9.17, 15) is 23.5 Å². The maximum atomic E-state index is 13.7. The van der Waals surface area contributed by atoms with Gasteiger partial charge in [0.25, 0.3) is 0 Å². The van der Waals surface area contributed by atoms with Crippen molar-refractivity contribution in [3.63, 3.8) is 0 Å². The minimum Gasteiger partial charge on any atom is -0.390 e. The monoisotopic (exact) mass is 526 g/mol. The molecule has 1 aromatic heterocycles. The second-order valence-electron chi connectivity index (χ2n) is 9.78. The van der Waals surface area contributed by atoms with Crippen LogP contribution in [0, 0.1) is 11.6 Å². The van der Waals surface area contributed by atoms with Crippen molar-refractivity contribution in [1.82, 2.24) is 10.6 Å². The molecule has 3 N–H and O–H groups in total. The van der Waals surface area contributed by atoms with Crippen molar-refractivity contribution < 1.29 is 23.5 Å². The van der Waals surface area contributed by atoms with Gasteiger partial charge < -0.3 is 15.7 Å². The number of aliphatic hydroxyl groups is 1. The van der Waals surface area contributed by atoms with Crippen LogP contribution in [0.3, 0.4) is 0 Å². The summed E-state index contributed by atoms with van der Waals surface area (Å²) in [7, 11) is 0. The number of thiophene rings is 1. The molecular weight excluding hydrogens is 494 g/mol. The minimum atomic E-state index is -0.982. The molecule has 0 aliphatic heterocycles. The number of halogens is 2. The molecule has 2 aromatic carbocycles. The van der Waals surface area contributed by atoms with Crippen molar-refractivity contribution in [3.8, 4) is 10.4 Å². The number of nitrogens with one attached hydrogen (secondary N) is 2. The summed E-state index contributed by atoms with van der Waals surface area (Å²) in [4.78, 5) is 24.7. The van der Waals surface area contributed by atoms with Gasteiger partial charge in [-0.25, -0.2) is 8.78 Å². The van der Waals surface area contributed by atoms with Crippen LogP contribution in [-0.4, -0.2) is 36.0 Å². The highest BCUT2D eigenvalue weighted by atomic mass is 32.1. The number of benzene rings is 2. The molecule has 0 spiro atoms. The third-order valence-corrected chi connectivity index (χ3v) is 8.09. The van der Waals surface area contributed by atoms with Crippen molar-refractivity contribution >= 4 is 23.5 Å². The molecule has 2 atom stereocenters. The van der Waals surface area contributed by atoms with Gasteiger partial charge in [-0.15, -0.1) is 11.3 Å². The number of amides is 1. The molecule has 1 aliphatic rings. The van der Waals surface area contributed by atoms with Crippen molar-refractivity contribution in [2.24, 2.45) is 0 Å². The van der Waals surface area contributed by atoms with Crippen LogP contribution >= 0.6 is 11.3 Å². The van der Waals surface area contributed by atoms with Gasteiger partial charge in [-0.3, -0.25) is 9.59 Å². The normalized spacial score (nSPS) is 16.6. The number of aldehydes is 1. The summed E-state index contributed by atoms with van der Waals surface area (Å²) in [5.41, 5.74) is 2.15. The van der Waals surface area contributed by atoms with Gasteiger partial charge in [0.2, 0.25) is 5.91 Å². The molecule has 1 heterocycles. The van der Waals surface area contributed by atoms with E-state index < -0.39 is 23.8 Å². The molecule has 0 bridgehead atoms. The molecule has 196 valence electrons. The van der Waals surface area contributed by atoms with E-state index >= 15 is 0 Å². The molecule has 8 heteroatoms. The van der Waals surface area contributed by atoms with E-state index in [-0.39, 0.29) is 24.4 Å². The maximum absolute atomic E-state index is 13.7. The molecule has 5 nitrogen and oxygen atoms in total. The summed E-state index contributed by atoms with van der Waals surface area (Å²) >= 11 is 1.45. The van der Waals surface area contributed by atoms with Crippen LogP contribution in [0.15, 0.2) is 54.6 Å². The largest absolute Gasteiger partial charge is 0.390 e. The Morgan fingerprint density at radius 3 is 2.46 bits per heavy atom. The fourth-order valence-corrected chi connectivity index (χ4v) is 6.05. The van der Waals surface area contributed by atoms with E-state index in [1.165, 1.54) is 30.4 Å². The number of rotatable bonds is 10. The third kappa shape index (κ3) is 6.89. The van der Waals surface area contributed by atoms with E-state index in [0.29, 0.717) is 10.4 Å². The van der Waals surface area contributed by atoms with E-state index in [1.807, 2.05) is 24.3 Å². The predicted molar refractivity (Wildman–Crippen MR) is 142 cm³/mol. The van der Waals surface area contributed by atoms with Crippen LogP contribution < -0.4 is 10.6 Å². The summed E-state index contributed by atoms with van der Waals surface area (Å²) in [6.45, 7) is 1.55. The Bertz CT molecular complexity index is 1220. The first kappa shape index (κ1) is 27.1. The van der Waals surface area contributed by atoms with Crippen LogP contribution in [0.4, 0.5) is 8.78 Å². The van der Waals surface area contributed by atoms with Crippen molar-refractivity contribution in [3.05, 3.63) is 82.2 Å². The molecule has 0 radical (unpaired) electrons. The Hall–Kier alpha value is -2.94. The summed E-state index contributed by atoms with van der Waals surface area (Å²) in [6.07, 6.45) is 4.98. The summed E-state index contributed by atoms with van der Waals surface area (Å²) < 4.78 is 27.5. The zero-order valence-electron chi connectivity index (χ0n) is 20.8. The smallest absolute Gasteiger partial charge is 0.217 e. The lowest BCUT2D eigenvalue weighted by molar-refractivity contribution is -0.120. The zero-order valence-corrected chi connectivity index (χ0v) is 21.6. The topological polar surface area (TPSA) is 78.4 Å². The predicted octanol–water partition coefficient (Wildman–Crippen LogP) is 5.36. The Kier molecular flexibility index (Phi) is 8.84. The van der Waals surface area contributed by atoms with Gasteiger partial charge in [-0.2, -0.15) is 0 Å².